The minimum absolute atomic E-state index is 0.0858. The highest BCUT2D eigenvalue weighted by Gasteiger charge is 2.16. The lowest BCUT2D eigenvalue weighted by Gasteiger charge is -2.17. The number of hydrogen-bond donors (Lipinski definition) is 2. The van der Waals surface area contributed by atoms with Gasteiger partial charge in [0.25, 0.3) is 0 Å². The van der Waals surface area contributed by atoms with Gasteiger partial charge in [0.2, 0.25) is 5.91 Å². The number of hydrogen-bond acceptors (Lipinski definition) is 4. The fourth-order valence-corrected chi connectivity index (χ4v) is 2.24. The van der Waals surface area contributed by atoms with Gasteiger partial charge in [-0.05, 0) is 38.5 Å². The van der Waals surface area contributed by atoms with Gasteiger partial charge in [0.15, 0.2) is 0 Å². The smallest absolute Gasteiger partial charge is 0.319 e. The van der Waals surface area contributed by atoms with Crippen LogP contribution in [-0.2, 0) is 11.3 Å². The van der Waals surface area contributed by atoms with E-state index in [9.17, 15) is 9.59 Å². The molecule has 0 unspecified atom stereocenters. The maximum Gasteiger partial charge on any atom is 0.319 e. The van der Waals surface area contributed by atoms with Gasteiger partial charge >= 0.3 is 6.03 Å². The Bertz CT molecular complexity index is 720. The number of likely N-dealkylation sites (N-methyl/N-ethyl adjacent to an activating group) is 1. The Morgan fingerprint density at radius 3 is 2.62 bits per heavy atom. The van der Waals surface area contributed by atoms with E-state index >= 15 is 0 Å². The number of amides is 3. The highest BCUT2D eigenvalue weighted by molar-refractivity contribution is 5.92. The van der Waals surface area contributed by atoms with Crippen molar-refractivity contribution in [1.82, 2.24) is 15.4 Å². The van der Waals surface area contributed by atoms with Crippen LogP contribution in [0.3, 0.4) is 0 Å². The summed E-state index contributed by atoms with van der Waals surface area (Å²) in [6.45, 7) is 5.88. The highest BCUT2D eigenvalue weighted by atomic mass is 16.5. The molecule has 3 amide bonds. The Hall–Kier alpha value is -2.83. The number of rotatable bonds is 5. The molecule has 2 N–H and O–H groups in total. The van der Waals surface area contributed by atoms with E-state index < -0.39 is 6.03 Å². The third-order valence-corrected chi connectivity index (χ3v) is 3.68. The summed E-state index contributed by atoms with van der Waals surface area (Å²) >= 11 is 0. The molecule has 0 saturated heterocycles. The van der Waals surface area contributed by atoms with Crippen molar-refractivity contribution in [1.29, 1.82) is 0 Å². The molecule has 1 aromatic heterocycles. The average molecular weight is 330 g/mol. The molecule has 0 bridgehead atoms. The van der Waals surface area contributed by atoms with Gasteiger partial charge in [-0.2, -0.15) is 0 Å². The van der Waals surface area contributed by atoms with Crippen LogP contribution in [0, 0.1) is 20.8 Å². The molecule has 0 radical (unpaired) electrons. The molecular weight excluding hydrogens is 308 g/mol. The van der Waals surface area contributed by atoms with Gasteiger partial charge in [-0.15, -0.1) is 0 Å². The molecule has 2 aromatic rings. The molecule has 0 spiro atoms. The molecule has 1 aromatic carbocycles. The maximum absolute atomic E-state index is 12.1. The Labute approximate surface area is 141 Å². The van der Waals surface area contributed by atoms with Gasteiger partial charge in [0, 0.05) is 18.3 Å². The average Bonchev–Trinajstić information content (AvgIpc) is 2.84. The Balaban J connectivity index is 1.82. The van der Waals surface area contributed by atoms with Gasteiger partial charge in [-0.1, -0.05) is 17.3 Å². The number of nitrogens with zero attached hydrogens (tertiary/aromatic N) is 2. The maximum atomic E-state index is 12.1. The number of aromatic nitrogens is 1. The third-order valence-electron chi connectivity index (χ3n) is 3.68. The standard InChI is InChI=1S/C17H22N4O3/c1-11-6-5-7-14(8-11)19-17(23)18-9-16(22)21(4)10-15-12(2)20-24-13(15)3/h5-8H,9-10H2,1-4H3,(H2,18,19,23). The van der Waals surface area contributed by atoms with Crippen molar-refractivity contribution in [3.8, 4) is 0 Å². The van der Waals surface area contributed by atoms with Crippen LogP contribution in [0.1, 0.15) is 22.6 Å². The molecule has 7 nitrogen and oxygen atoms in total. The van der Waals surface area contributed by atoms with E-state index in [0.717, 1.165) is 16.8 Å². The largest absolute Gasteiger partial charge is 0.361 e. The second kappa shape index (κ2) is 7.63. The summed E-state index contributed by atoms with van der Waals surface area (Å²) in [5, 5.41) is 9.12. The first kappa shape index (κ1) is 17.5. The molecule has 0 fully saturated rings. The van der Waals surface area contributed by atoms with Crippen molar-refractivity contribution < 1.29 is 14.1 Å². The van der Waals surface area contributed by atoms with E-state index in [1.807, 2.05) is 32.0 Å². The first-order valence-electron chi connectivity index (χ1n) is 7.64. The lowest BCUT2D eigenvalue weighted by Crippen LogP contribution is -2.39. The van der Waals surface area contributed by atoms with Crippen LogP contribution in [0.5, 0.6) is 0 Å². The van der Waals surface area contributed by atoms with Gasteiger partial charge < -0.3 is 20.1 Å². The lowest BCUT2D eigenvalue weighted by molar-refractivity contribution is -0.129. The molecule has 0 aliphatic heterocycles. The Morgan fingerprint density at radius 1 is 1.25 bits per heavy atom. The van der Waals surface area contributed by atoms with E-state index in [1.54, 1.807) is 20.0 Å². The predicted octanol–water partition coefficient (Wildman–Crippen LogP) is 2.38. The summed E-state index contributed by atoms with van der Waals surface area (Å²) in [5.41, 5.74) is 3.37. The van der Waals surface area contributed by atoms with Gasteiger partial charge in [-0.3, -0.25) is 4.79 Å². The normalized spacial score (nSPS) is 10.3. The monoisotopic (exact) mass is 330 g/mol. The summed E-state index contributed by atoms with van der Waals surface area (Å²) in [7, 11) is 1.67. The predicted molar refractivity (Wildman–Crippen MR) is 90.7 cm³/mol. The number of aryl methyl sites for hydroxylation is 3. The molecule has 0 saturated carbocycles. The van der Waals surface area contributed by atoms with E-state index in [1.165, 1.54) is 4.90 Å². The number of carbonyl (C=O) groups is 2. The fraction of sp³-hybridized carbons (Fsp3) is 0.353. The number of benzene rings is 1. The van der Waals surface area contributed by atoms with Crippen molar-refractivity contribution in [3.63, 3.8) is 0 Å². The second-order valence-electron chi connectivity index (χ2n) is 5.73. The molecule has 0 aliphatic rings. The van der Waals surface area contributed by atoms with Crippen LogP contribution in [0.15, 0.2) is 28.8 Å². The summed E-state index contributed by atoms with van der Waals surface area (Å²) in [5.74, 6) is 0.492. The summed E-state index contributed by atoms with van der Waals surface area (Å²) < 4.78 is 5.08. The molecule has 1 heterocycles. The van der Waals surface area contributed by atoms with Crippen LogP contribution in [0.4, 0.5) is 10.5 Å². The first-order chi connectivity index (χ1) is 11.4. The number of urea groups is 1. The van der Waals surface area contributed by atoms with Crippen molar-refractivity contribution in [3.05, 3.63) is 46.8 Å². The molecular formula is C17H22N4O3. The Kier molecular flexibility index (Phi) is 5.57. The molecule has 24 heavy (non-hydrogen) atoms. The quantitative estimate of drug-likeness (QED) is 0.881. The van der Waals surface area contributed by atoms with Gasteiger partial charge in [0.05, 0.1) is 18.8 Å². The Morgan fingerprint density at radius 2 is 2.00 bits per heavy atom. The molecule has 2 rings (SSSR count). The van der Waals surface area contributed by atoms with Crippen LogP contribution in [-0.4, -0.2) is 35.6 Å². The minimum Gasteiger partial charge on any atom is -0.361 e. The van der Waals surface area contributed by atoms with Crippen molar-refractivity contribution in [2.45, 2.75) is 27.3 Å². The van der Waals surface area contributed by atoms with Crippen LogP contribution in [0.2, 0.25) is 0 Å². The van der Waals surface area contributed by atoms with Crippen molar-refractivity contribution in [2.75, 3.05) is 18.9 Å². The van der Waals surface area contributed by atoms with Crippen molar-refractivity contribution >= 4 is 17.6 Å². The zero-order chi connectivity index (χ0) is 17.7. The van der Waals surface area contributed by atoms with Crippen LogP contribution < -0.4 is 10.6 Å². The van der Waals surface area contributed by atoms with E-state index in [-0.39, 0.29) is 12.5 Å². The molecule has 128 valence electrons. The summed E-state index contributed by atoms with van der Waals surface area (Å²) in [4.78, 5) is 25.5. The zero-order valence-electron chi connectivity index (χ0n) is 14.3. The third kappa shape index (κ3) is 4.58. The zero-order valence-corrected chi connectivity index (χ0v) is 14.3. The van der Waals surface area contributed by atoms with E-state index in [2.05, 4.69) is 15.8 Å². The van der Waals surface area contributed by atoms with Gasteiger partial charge in [0.1, 0.15) is 5.76 Å². The van der Waals surface area contributed by atoms with E-state index in [0.29, 0.717) is 18.0 Å². The lowest BCUT2D eigenvalue weighted by atomic mass is 10.2. The van der Waals surface area contributed by atoms with Gasteiger partial charge in [-0.25, -0.2) is 4.79 Å². The van der Waals surface area contributed by atoms with Crippen molar-refractivity contribution in [2.24, 2.45) is 0 Å². The summed E-state index contributed by atoms with van der Waals surface area (Å²) in [6, 6.07) is 7.02. The van der Waals surface area contributed by atoms with E-state index in [4.69, 9.17) is 4.52 Å². The van der Waals surface area contributed by atoms with Crippen LogP contribution >= 0.6 is 0 Å². The fourth-order valence-electron chi connectivity index (χ4n) is 2.24. The second-order valence-corrected chi connectivity index (χ2v) is 5.73. The SMILES string of the molecule is Cc1cccc(NC(=O)NCC(=O)N(C)Cc2c(C)noc2C)c1. The topological polar surface area (TPSA) is 87.5 Å². The molecule has 0 aliphatic carbocycles. The highest BCUT2D eigenvalue weighted by Crippen LogP contribution is 2.14. The first-order valence-corrected chi connectivity index (χ1v) is 7.64. The number of nitrogens with one attached hydrogen (secondary N) is 2. The molecule has 0 atom stereocenters. The number of anilines is 1. The number of carbonyl (C=O) groups excluding carboxylic acids is 2. The van der Waals surface area contributed by atoms with Crippen LogP contribution in [0.25, 0.3) is 0 Å². The summed E-state index contributed by atoms with van der Waals surface area (Å²) in [6.07, 6.45) is 0. The molecule has 7 heteroatoms. The minimum atomic E-state index is -0.417.